The Bertz CT molecular complexity index is 841. The standard InChI is InChI=1S/C9H8BrN3O.C9H9BrO2.CH4/c10-7-1-2-8-6(3-7)4-14-5-9(8)12-13-11;10-7-1-2-8-6(3-7)4-12-5-9(8)11;/h1-3,9H,4-5H2;1-3,9,11H,4-5H2;1H4. The number of rotatable bonds is 1. The van der Waals surface area contributed by atoms with Crippen molar-refractivity contribution in [2.45, 2.75) is 32.8 Å². The van der Waals surface area contributed by atoms with E-state index in [0.29, 0.717) is 26.4 Å². The topological polar surface area (TPSA) is 87.5 Å². The van der Waals surface area contributed by atoms with Gasteiger partial charge < -0.3 is 14.6 Å². The molecule has 0 bridgehead atoms. The van der Waals surface area contributed by atoms with E-state index < -0.39 is 6.10 Å². The van der Waals surface area contributed by atoms with Gasteiger partial charge in [0.25, 0.3) is 0 Å². The summed E-state index contributed by atoms with van der Waals surface area (Å²) < 4.78 is 12.6. The molecular formula is C19H21Br2N3O3. The van der Waals surface area contributed by atoms with Gasteiger partial charge in [-0.2, -0.15) is 0 Å². The Kier molecular flexibility index (Phi) is 8.28. The van der Waals surface area contributed by atoms with Gasteiger partial charge in [-0.15, -0.1) is 0 Å². The molecular weight excluding hydrogens is 478 g/mol. The Hall–Kier alpha value is -1.41. The van der Waals surface area contributed by atoms with Gasteiger partial charge in [0.15, 0.2) is 0 Å². The van der Waals surface area contributed by atoms with Crippen LogP contribution in [0.2, 0.25) is 0 Å². The van der Waals surface area contributed by atoms with Gasteiger partial charge in [0.1, 0.15) is 6.10 Å². The molecule has 0 aromatic heterocycles. The van der Waals surface area contributed by atoms with E-state index in [-0.39, 0.29) is 13.5 Å². The van der Waals surface area contributed by atoms with Crippen molar-refractivity contribution >= 4 is 31.9 Å². The zero-order valence-electron chi connectivity index (χ0n) is 13.8. The lowest BCUT2D eigenvalue weighted by Crippen LogP contribution is -2.15. The highest BCUT2D eigenvalue weighted by Gasteiger charge is 2.19. The summed E-state index contributed by atoms with van der Waals surface area (Å²) in [4.78, 5) is 2.81. The van der Waals surface area contributed by atoms with Crippen molar-refractivity contribution in [3.05, 3.63) is 78.0 Å². The molecule has 0 aliphatic carbocycles. The SMILES string of the molecule is C.OC1COCc2cc(Br)ccc21.[N-]=[N+]=NC1COCc2cc(Br)ccc21. The van der Waals surface area contributed by atoms with E-state index >= 15 is 0 Å². The summed E-state index contributed by atoms with van der Waals surface area (Å²) >= 11 is 6.76. The van der Waals surface area contributed by atoms with Gasteiger partial charge in [0.2, 0.25) is 0 Å². The molecule has 0 radical (unpaired) electrons. The molecule has 2 aliphatic heterocycles. The van der Waals surface area contributed by atoms with Crippen LogP contribution in [0.1, 0.15) is 41.8 Å². The van der Waals surface area contributed by atoms with Crippen LogP contribution in [0.3, 0.4) is 0 Å². The number of ether oxygens (including phenoxy) is 2. The van der Waals surface area contributed by atoms with Gasteiger partial charge in [0, 0.05) is 13.9 Å². The van der Waals surface area contributed by atoms with Crippen LogP contribution < -0.4 is 0 Å². The summed E-state index contributed by atoms with van der Waals surface area (Å²) in [6.45, 7) is 2.07. The molecule has 6 nitrogen and oxygen atoms in total. The molecule has 2 atom stereocenters. The van der Waals surface area contributed by atoms with Gasteiger partial charge in [-0.1, -0.05) is 56.5 Å². The smallest absolute Gasteiger partial charge is 0.103 e. The van der Waals surface area contributed by atoms with Gasteiger partial charge in [-0.05, 0) is 52.1 Å². The summed E-state index contributed by atoms with van der Waals surface area (Å²) in [6.07, 6.45) is -0.457. The number of aliphatic hydroxyl groups is 1. The molecule has 2 heterocycles. The minimum absolute atomic E-state index is 0. The van der Waals surface area contributed by atoms with Gasteiger partial charge in [0.05, 0.1) is 32.5 Å². The summed E-state index contributed by atoms with van der Waals surface area (Å²) in [7, 11) is 0. The first-order chi connectivity index (χ1) is 12.6. The molecule has 0 saturated carbocycles. The van der Waals surface area contributed by atoms with Gasteiger partial charge in [-0.25, -0.2) is 0 Å². The summed E-state index contributed by atoms with van der Waals surface area (Å²) in [5, 5.41) is 13.2. The molecule has 0 amide bonds. The number of benzene rings is 2. The number of nitrogens with zero attached hydrogens (tertiary/aromatic N) is 3. The van der Waals surface area contributed by atoms with Gasteiger partial charge in [-0.3, -0.25) is 0 Å². The zero-order chi connectivity index (χ0) is 18.5. The number of fused-ring (bicyclic) bond motifs is 2. The summed E-state index contributed by atoms with van der Waals surface area (Å²) in [5.74, 6) is 0. The highest BCUT2D eigenvalue weighted by atomic mass is 79.9. The second-order valence-electron chi connectivity index (χ2n) is 5.95. The van der Waals surface area contributed by atoms with Crippen LogP contribution in [0.15, 0.2) is 50.5 Å². The fraction of sp³-hybridized carbons (Fsp3) is 0.368. The number of halogens is 2. The maximum atomic E-state index is 9.51. The first kappa shape index (κ1) is 21.9. The van der Waals surface area contributed by atoms with Crippen molar-refractivity contribution < 1.29 is 14.6 Å². The van der Waals surface area contributed by atoms with E-state index in [1.54, 1.807) is 0 Å². The van der Waals surface area contributed by atoms with Gasteiger partial charge >= 0.3 is 0 Å². The van der Waals surface area contributed by atoms with Crippen molar-refractivity contribution in [1.82, 2.24) is 0 Å². The number of aliphatic hydroxyl groups excluding tert-OH is 1. The predicted molar refractivity (Wildman–Crippen MR) is 111 cm³/mol. The van der Waals surface area contributed by atoms with E-state index in [1.807, 2.05) is 36.4 Å². The van der Waals surface area contributed by atoms with Crippen molar-refractivity contribution in [2.75, 3.05) is 13.2 Å². The first-order valence-electron chi connectivity index (χ1n) is 8.03. The summed E-state index contributed by atoms with van der Waals surface area (Å²) in [6, 6.07) is 11.6. The summed E-state index contributed by atoms with van der Waals surface area (Å²) in [5.41, 5.74) is 12.6. The molecule has 2 aromatic rings. The average molecular weight is 499 g/mol. The third-order valence-electron chi connectivity index (χ3n) is 4.19. The van der Waals surface area contributed by atoms with Crippen molar-refractivity contribution in [3.63, 3.8) is 0 Å². The normalized spacial score (nSPS) is 20.0. The average Bonchev–Trinajstić information content (AvgIpc) is 2.62. The molecule has 2 unspecified atom stereocenters. The van der Waals surface area contributed by atoms with E-state index in [9.17, 15) is 5.11 Å². The molecule has 1 N–H and O–H groups in total. The van der Waals surface area contributed by atoms with E-state index in [1.165, 1.54) is 0 Å². The van der Waals surface area contributed by atoms with Crippen LogP contribution in [0, 0.1) is 0 Å². The highest BCUT2D eigenvalue weighted by molar-refractivity contribution is 9.10. The molecule has 2 aromatic carbocycles. The number of azide groups is 1. The fourth-order valence-corrected chi connectivity index (χ4v) is 3.76. The van der Waals surface area contributed by atoms with Crippen LogP contribution in [-0.2, 0) is 22.7 Å². The maximum absolute atomic E-state index is 9.51. The van der Waals surface area contributed by atoms with Crippen LogP contribution in [0.25, 0.3) is 10.4 Å². The Morgan fingerprint density at radius 2 is 1.52 bits per heavy atom. The van der Waals surface area contributed by atoms with Crippen molar-refractivity contribution in [1.29, 1.82) is 0 Å². The minimum Gasteiger partial charge on any atom is -0.386 e. The minimum atomic E-state index is -0.457. The Balaban J connectivity index is 0.000000189. The van der Waals surface area contributed by atoms with E-state index in [2.05, 4.69) is 41.9 Å². The second-order valence-corrected chi connectivity index (χ2v) is 7.78. The van der Waals surface area contributed by atoms with E-state index in [0.717, 1.165) is 31.2 Å². The lowest BCUT2D eigenvalue weighted by atomic mass is 10.00. The predicted octanol–water partition coefficient (Wildman–Crippen LogP) is 5.98. The molecule has 27 heavy (non-hydrogen) atoms. The van der Waals surface area contributed by atoms with Crippen molar-refractivity contribution in [2.24, 2.45) is 5.11 Å². The largest absolute Gasteiger partial charge is 0.386 e. The van der Waals surface area contributed by atoms with Crippen LogP contribution in [0.5, 0.6) is 0 Å². The Morgan fingerprint density at radius 3 is 2.15 bits per heavy atom. The van der Waals surface area contributed by atoms with Crippen LogP contribution in [-0.4, -0.2) is 18.3 Å². The van der Waals surface area contributed by atoms with Crippen LogP contribution >= 0.6 is 31.9 Å². The second kappa shape index (κ2) is 10.2. The molecule has 4 rings (SSSR count). The highest BCUT2D eigenvalue weighted by Crippen LogP contribution is 2.30. The lowest BCUT2D eigenvalue weighted by Gasteiger charge is -2.22. The fourth-order valence-electron chi connectivity index (χ4n) is 2.95. The molecule has 144 valence electrons. The Morgan fingerprint density at radius 1 is 0.963 bits per heavy atom. The molecule has 0 spiro atoms. The molecule has 8 heteroatoms. The zero-order valence-corrected chi connectivity index (χ0v) is 17.0. The quantitative estimate of drug-likeness (QED) is 0.298. The number of hydrogen-bond acceptors (Lipinski definition) is 4. The lowest BCUT2D eigenvalue weighted by molar-refractivity contribution is 0.00977. The van der Waals surface area contributed by atoms with Crippen molar-refractivity contribution in [3.8, 4) is 0 Å². The molecule has 0 fully saturated rings. The Labute approximate surface area is 175 Å². The monoisotopic (exact) mass is 497 g/mol. The maximum Gasteiger partial charge on any atom is 0.103 e. The first-order valence-corrected chi connectivity index (χ1v) is 9.61. The third-order valence-corrected chi connectivity index (χ3v) is 5.17. The van der Waals surface area contributed by atoms with E-state index in [4.69, 9.17) is 15.0 Å². The third kappa shape index (κ3) is 5.54. The number of hydrogen-bond donors (Lipinski definition) is 1. The molecule has 0 saturated heterocycles. The van der Waals surface area contributed by atoms with Crippen LogP contribution in [0.4, 0.5) is 0 Å². The molecule has 2 aliphatic rings.